The number of rotatable bonds is 5. The van der Waals surface area contributed by atoms with Crippen LogP contribution in [-0.4, -0.2) is 29.4 Å². The molecule has 0 saturated carbocycles. The first-order chi connectivity index (χ1) is 26.7. The van der Waals surface area contributed by atoms with Gasteiger partial charge in [-0.2, -0.15) is 9.98 Å². The van der Waals surface area contributed by atoms with Gasteiger partial charge in [-0.05, 0) is 83.4 Å². The Bertz CT molecular complexity index is 3070. The lowest BCUT2D eigenvalue weighted by Crippen LogP contribution is -2.00. The Balaban J connectivity index is 1.23. The van der Waals surface area contributed by atoms with Crippen LogP contribution in [-0.2, 0) is 0 Å². The number of aliphatic imine (C=N–C) groups is 2. The summed E-state index contributed by atoms with van der Waals surface area (Å²) in [4.78, 5) is 18.1. The highest BCUT2D eigenvalue weighted by Crippen LogP contribution is 2.50. The van der Waals surface area contributed by atoms with Crippen molar-refractivity contribution in [2.45, 2.75) is 0 Å². The molecule has 0 amide bonds. The van der Waals surface area contributed by atoms with E-state index in [1.165, 1.54) is 21.5 Å². The molecule has 0 atom stereocenters. The number of isothiocyanates is 2. The van der Waals surface area contributed by atoms with E-state index in [1.807, 2.05) is 0 Å². The molecular formula is C46H24N6S2. The first-order valence-electron chi connectivity index (χ1n) is 17.5. The van der Waals surface area contributed by atoms with E-state index >= 15 is 0 Å². The van der Waals surface area contributed by atoms with Gasteiger partial charge in [-0.1, -0.05) is 103 Å². The predicted molar refractivity (Wildman–Crippen MR) is 227 cm³/mol. The molecule has 7 aromatic carbocycles. The number of aromatic nitrogens is 4. The number of thiocarbonyl (C=S) groups is 2. The van der Waals surface area contributed by atoms with E-state index in [0.29, 0.717) is 0 Å². The molecule has 1 aliphatic rings. The minimum absolute atomic E-state index is 0.265. The van der Waals surface area contributed by atoms with E-state index in [4.69, 9.17) is 34.4 Å². The van der Waals surface area contributed by atoms with Crippen molar-refractivity contribution in [3.8, 4) is 45.0 Å². The number of benzene rings is 7. The second-order valence-corrected chi connectivity index (χ2v) is 13.7. The highest BCUT2D eigenvalue weighted by atomic mass is 32.1. The molecule has 250 valence electrons. The van der Waals surface area contributed by atoms with Crippen molar-refractivity contribution in [1.29, 1.82) is 0 Å². The topological polar surface area (TPSA) is 60.4 Å². The van der Waals surface area contributed by atoms with E-state index < -0.39 is 0 Å². The SMILES string of the molecule is S=C=Nc1nc2c(nc1N=C=S)-c1ccc(-c3cc(-n4c5ccccc5c5ccccc54)cc(-n4c5ccccc5c5ccccc54)c3)c3cccc-2c13. The van der Waals surface area contributed by atoms with Crippen LogP contribution in [0.25, 0.3) is 99.4 Å². The van der Waals surface area contributed by atoms with Crippen LogP contribution < -0.4 is 0 Å². The van der Waals surface area contributed by atoms with Crippen LogP contribution in [0.1, 0.15) is 0 Å². The largest absolute Gasteiger partial charge is 0.309 e. The highest BCUT2D eigenvalue weighted by molar-refractivity contribution is 7.78. The Labute approximate surface area is 319 Å². The van der Waals surface area contributed by atoms with Gasteiger partial charge in [0.05, 0.1) is 43.8 Å². The number of hydrogen-bond acceptors (Lipinski definition) is 6. The van der Waals surface area contributed by atoms with E-state index in [-0.39, 0.29) is 11.6 Å². The monoisotopic (exact) mass is 724 g/mol. The first kappa shape index (κ1) is 30.7. The molecule has 3 heterocycles. The maximum atomic E-state index is 4.92. The normalized spacial score (nSPS) is 11.7. The predicted octanol–water partition coefficient (Wildman–Crippen LogP) is 12.6. The summed E-state index contributed by atoms with van der Waals surface area (Å²) in [6.45, 7) is 0. The Morgan fingerprint density at radius 1 is 0.426 bits per heavy atom. The number of hydrogen-bond donors (Lipinski definition) is 0. The second kappa shape index (κ2) is 11.8. The zero-order valence-electron chi connectivity index (χ0n) is 28.4. The van der Waals surface area contributed by atoms with Crippen LogP contribution in [0.15, 0.2) is 156 Å². The van der Waals surface area contributed by atoms with Crippen LogP contribution in [0.2, 0.25) is 0 Å². The molecule has 0 fully saturated rings. The zero-order valence-corrected chi connectivity index (χ0v) is 30.0. The van der Waals surface area contributed by atoms with E-state index in [0.717, 1.165) is 77.9 Å². The summed E-state index contributed by atoms with van der Waals surface area (Å²) < 4.78 is 4.79. The number of para-hydroxylation sites is 4. The van der Waals surface area contributed by atoms with Gasteiger partial charge in [-0.3, -0.25) is 0 Å². The van der Waals surface area contributed by atoms with Crippen LogP contribution in [0, 0.1) is 0 Å². The van der Waals surface area contributed by atoms with Gasteiger partial charge in [0.25, 0.3) is 0 Å². The fraction of sp³-hybridized carbons (Fsp3) is 0. The molecule has 54 heavy (non-hydrogen) atoms. The first-order valence-corrected chi connectivity index (χ1v) is 18.3. The molecule has 0 unspecified atom stereocenters. The molecule has 6 nitrogen and oxygen atoms in total. The maximum Gasteiger partial charge on any atom is 0.209 e. The van der Waals surface area contributed by atoms with Crippen LogP contribution in [0.5, 0.6) is 0 Å². The van der Waals surface area contributed by atoms with Crippen LogP contribution in [0.4, 0.5) is 11.6 Å². The molecule has 8 heteroatoms. The zero-order chi connectivity index (χ0) is 35.9. The van der Waals surface area contributed by atoms with Crippen molar-refractivity contribution in [1.82, 2.24) is 19.1 Å². The molecule has 0 bridgehead atoms. The van der Waals surface area contributed by atoms with Gasteiger partial charge in [0.2, 0.25) is 11.6 Å². The Morgan fingerprint density at radius 3 is 1.30 bits per heavy atom. The molecular weight excluding hydrogens is 701 g/mol. The number of nitrogens with zero attached hydrogens (tertiary/aromatic N) is 6. The third kappa shape index (κ3) is 4.34. The quantitative estimate of drug-likeness (QED) is 0.131. The minimum Gasteiger partial charge on any atom is -0.309 e. The summed E-state index contributed by atoms with van der Waals surface area (Å²) in [6.07, 6.45) is 0. The molecule has 0 radical (unpaired) electrons. The van der Waals surface area contributed by atoms with Gasteiger partial charge in [0, 0.05) is 49.4 Å². The maximum absolute atomic E-state index is 4.92. The standard InChI is InChI=1S/C46H24N6S2/c53-25-47-45-46(48-26-54)50-44-37-21-20-30(35-14-9-15-36(42(35)37)43(44)49-45)27-22-28(51-38-16-5-1-10-31(38)32-11-2-6-17-39(32)51)24-29(23-27)52-40-18-7-3-12-33(40)34-13-4-8-19-41(34)52/h1-24H. The fourth-order valence-electron chi connectivity index (χ4n) is 8.49. The van der Waals surface area contributed by atoms with Crippen molar-refractivity contribution in [3.05, 3.63) is 146 Å². The van der Waals surface area contributed by atoms with Gasteiger partial charge in [-0.25, -0.2) is 9.97 Å². The van der Waals surface area contributed by atoms with Gasteiger partial charge in [0.15, 0.2) is 0 Å². The van der Waals surface area contributed by atoms with E-state index in [1.54, 1.807) is 0 Å². The third-order valence-corrected chi connectivity index (χ3v) is 10.8. The van der Waals surface area contributed by atoms with Gasteiger partial charge in [-0.15, -0.1) is 0 Å². The lowest BCUT2D eigenvalue weighted by atomic mass is 9.94. The van der Waals surface area contributed by atoms with Crippen molar-refractivity contribution in [2.75, 3.05) is 0 Å². The second-order valence-electron chi connectivity index (χ2n) is 13.3. The van der Waals surface area contributed by atoms with E-state index in [9.17, 15) is 0 Å². The Morgan fingerprint density at radius 2 is 0.833 bits per heavy atom. The fourth-order valence-corrected chi connectivity index (χ4v) is 8.67. The average molecular weight is 725 g/mol. The van der Waals surface area contributed by atoms with Crippen molar-refractivity contribution >= 4 is 101 Å². The molecule has 1 aliphatic carbocycles. The van der Waals surface area contributed by atoms with Crippen molar-refractivity contribution in [2.24, 2.45) is 9.98 Å². The summed E-state index contributed by atoms with van der Waals surface area (Å²) in [5, 5.41) is 11.9. The lowest BCUT2D eigenvalue weighted by Gasteiger charge is -2.17. The Kier molecular flexibility index (Phi) is 6.71. The molecule has 10 aromatic rings. The van der Waals surface area contributed by atoms with Crippen LogP contribution in [0.3, 0.4) is 0 Å². The summed E-state index contributed by atoms with van der Waals surface area (Å²) in [7, 11) is 0. The molecule has 0 saturated heterocycles. The molecule has 11 rings (SSSR count). The van der Waals surface area contributed by atoms with Gasteiger partial charge < -0.3 is 9.13 Å². The summed E-state index contributed by atoms with van der Waals surface area (Å²) >= 11 is 9.84. The molecule has 0 spiro atoms. The van der Waals surface area contributed by atoms with Gasteiger partial charge >= 0.3 is 0 Å². The van der Waals surface area contributed by atoms with Crippen molar-refractivity contribution < 1.29 is 0 Å². The third-order valence-electron chi connectivity index (χ3n) is 10.6. The smallest absolute Gasteiger partial charge is 0.209 e. The average Bonchev–Trinajstić information content (AvgIpc) is 3.85. The van der Waals surface area contributed by atoms with Crippen molar-refractivity contribution in [3.63, 3.8) is 0 Å². The molecule has 3 aromatic heterocycles. The van der Waals surface area contributed by atoms with Crippen LogP contribution >= 0.6 is 24.4 Å². The molecule has 0 N–H and O–H groups in total. The lowest BCUT2D eigenvalue weighted by molar-refractivity contribution is 1.13. The summed E-state index contributed by atoms with van der Waals surface area (Å²) in [5.74, 6) is 0.529. The minimum atomic E-state index is 0.265. The summed E-state index contributed by atoms with van der Waals surface area (Å²) in [5.41, 5.74) is 12.4. The van der Waals surface area contributed by atoms with E-state index in [2.05, 4.69) is 175 Å². The number of fused-ring (bicyclic) bond motifs is 9. The molecule has 0 aliphatic heterocycles. The highest BCUT2D eigenvalue weighted by Gasteiger charge is 2.28. The summed E-state index contributed by atoms with van der Waals surface area (Å²) in [6, 6.07) is 52.2. The van der Waals surface area contributed by atoms with Gasteiger partial charge in [0.1, 0.15) is 0 Å². The Hall–Kier alpha value is -6.92.